The van der Waals surface area contributed by atoms with Gasteiger partial charge >= 0.3 is 5.97 Å². The maximum atomic E-state index is 10.9. The topological polar surface area (TPSA) is 63.3 Å². The summed E-state index contributed by atoms with van der Waals surface area (Å²) < 4.78 is 0. The van der Waals surface area contributed by atoms with Crippen molar-refractivity contribution in [2.24, 2.45) is 0 Å². The van der Waals surface area contributed by atoms with E-state index in [4.69, 9.17) is 45.6 Å². The largest absolute Gasteiger partial charge is 0.478 e. The molecule has 1 aromatic rings. The monoisotopic (exact) mass is 293 g/mol. The zero-order chi connectivity index (χ0) is 13.2. The van der Waals surface area contributed by atoms with Gasteiger partial charge in [-0.05, 0) is 18.6 Å². The van der Waals surface area contributed by atoms with Crippen LogP contribution in [0.25, 0.3) is 6.08 Å². The second-order valence-electron chi connectivity index (χ2n) is 3.31. The summed E-state index contributed by atoms with van der Waals surface area (Å²) in [6, 6.07) is 1.44. The molecule has 0 aliphatic carbocycles. The van der Waals surface area contributed by atoms with Crippen molar-refractivity contribution >= 4 is 52.5 Å². The van der Waals surface area contributed by atoms with Crippen LogP contribution >= 0.6 is 34.8 Å². The van der Waals surface area contributed by atoms with Crippen LogP contribution < -0.4 is 5.73 Å². The average Bonchev–Trinajstić information content (AvgIpc) is 2.26. The molecule has 0 saturated heterocycles. The van der Waals surface area contributed by atoms with E-state index in [9.17, 15) is 4.79 Å². The number of anilines is 1. The molecule has 3 N–H and O–H groups in total. The molecule has 1 aromatic carbocycles. The Hall–Kier alpha value is -0.900. The van der Waals surface area contributed by atoms with E-state index in [2.05, 4.69) is 0 Å². The van der Waals surface area contributed by atoms with E-state index in [1.54, 1.807) is 6.92 Å². The predicted octanol–water partition coefficient (Wildman–Crippen LogP) is 4.11. The van der Waals surface area contributed by atoms with Crippen LogP contribution in [0.3, 0.4) is 0 Å². The van der Waals surface area contributed by atoms with Gasteiger partial charge in [-0.3, -0.25) is 0 Å². The first-order chi connectivity index (χ1) is 7.88. The molecule has 0 amide bonds. The fraction of sp³-hybridized carbons (Fsp3) is 0.182. The van der Waals surface area contributed by atoms with Crippen molar-refractivity contribution in [2.75, 3.05) is 5.73 Å². The molecule has 0 unspecified atom stereocenters. The average molecular weight is 295 g/mol. The van der Waals surface area contributed by atoms with E-state index < -0.39 is 5.97 Å². The van der Waals surface area contributed by atoms with Gasteiger partial charge in [0, 0.05) is 11.1 Å². The van der Waals surface area contributed by atoms with Crippen LogP contribution in [-0.4, -0.2) is 11.1 Å². The molecule has 0 bridgehead atoms. The summed E-state index contributed by atoms with van der Waals surface area (Å²) in [5.41, 5.74) is 6.39. The fourth-order valence-corrected chi connectivity index (χ4v) is 2.12. The first-order valence-corrected chi connectivity index (χ1v) is 5.88. The molecule has 1 rings (SSSR count). The van der Waals surface area contributed by atoms with E-state index >= 15 is 0 Å². The predicted molar refractivity (Wildman–Crippen MR) is 71.8 cm³/mol. The molecule has 0 fully saturated rings. The molecule has 6 heteroatoms. The number of nitrogens with two attached hydrogens (primary N) is 1. The van der Waals surface area contributed by atoms with Gasteiger partial charge in [0.1, 0.15) is 0 Å². The molecule has 0 radical (unpaired) electrons. The zero-order valence-corrected chi connectivity index (χ0v) is 11.2. The minimum atomic E-state index is -1.02. The third kappa shape index (κ3) is 3.06. The lowest BCUT2D eigenvalue weighted by Crippen LogP contribution is -2.00. The van der Waals surface area contributed by atoms with Crippen molar-refractivity contribution < 1.29 is 9.90 Å². The Kier molecular flexibility index (Phi) is 4.69. The van der Waals surface area contributed by atoms with Gasteiger partial charge in [-0.25, -0.2) is 4.79 Å². The molecular formula is C11H10Cl3NO2. The number of halogens is 3. The first kappa shape index (κ1) is 14.2. The summed E-state index contributed by atoms with van der Waals surface area (Å²) >= 11 is 17.7. The number of aliphatic carboxylic acids is 1. The van der Waals surface area contributed by atoms with Crippen molar-refractivity contribution in [3.8, 4) is 0 Å². The maximum Gasteiger partial charge on any atom is 0.331 e. The Labute approximate surface area is 114 Å². The number of hydrogen-bond acceptors (Lipinski definition) is 2. The zero-order valence-electron chi connectivity index (χ0n) is 8.93. The van der Waals surface area contributed by atoms with Crippen LogP contribution in [0.2, 0.25) is 15.1 Å². The third-order valence-corrected chi connectivity index (χ3v) is 3.25. The number of benzene rings is 1. The normalized spacial score (nSPS) is 11.6. The minimum absolute atomic E-state index is 0.162. The second kappa shape index (κ2) is 5.63. The number of rotatable bonds is 3. The van der Waals surface area contributed by atoms with Gasteiger partial charge in [-0.2, -0.15) is 0 Å². The summed E-state index contributed by atoms with van der Waals surface area (Å²) in [5, 5.41) is 9.60. The van der Waals surface area contributed by atoms with Gasteiger partial charge < -0.3 is 10.8 Å². The first-order valence-electron chi connectivity index (χ1n) is 4.75. The number of carboxylic acid groups (broad SMARTS) is 1. The van der Waals surface area contributed by atoms with E-state index in [1.165, 1.54) is 12.1 Å². The van der Waals surface area contributed by atoms with Crippen molar-refractivity contribution in [2.45, 2.75) is 13.3 Å². The Morgan fingerprint density at radius 3 is 2.47 bits per heavy atom. The maximum absolute atomic E-state index is 10.9. The lowest BCUT2D eigenvalue weighted by molar-refractivity contribution is -0.132. The highest BCUT2D eigenvalue weighted by molar-refractivity contribution is 6.43. The van der Waals surface area contributed by atoms with Gasteiger partial charge in [0.2, 0.25) is 0 Å². The quantitative estimate of drug-likeness (QED) is 0.651. The minimum Gasteiger partial charge on any atom is -0.478 e. The molecule has 0 aliphatic heterocycles. The lowest BCUT2D eigenvalue weighted by Gasteiger charge is -2.08. The molecule has 0 heterocycles. The van der Waals surface area contributed by atoms with Crippen molar-refractivity contribution in [1.29, 1.82) is 0 Å². The molecule has 0 aliphatic rings. The lowest BCUT2D eigenvalue weighted by atomic mass is 10.1. The van der Waals surface area contributed by atoms with Crippen LogP contribution in [0.15, 0.2) is 11.6 Å². The van der Waals surface area contributed by atoms with Crippen LogP contribution in [0.1, 0.15) is 18.9 Å². The van der Waals surface area contributed by atoms with Crippen molar-refractivity contribution in [3.63, 3.8) is 0 Å². The highest BCUT2D eigenvalue weighted by Gasteiger charge is 2.13. The van der Waals surface area contributed by atoms with Crippen LogP contribution in [-0.2, 0) is 4.79 Å². The van der Waals surface area contributed by atoms with Crippen LogP contribution in [0.5, 0.6) is 0 Å². The standard InChI is InChI=1S/C11H10Cl3NO2/c1-2-5(11(16)17)3-6-7(12)4-8(13)10(15)9(6)14/h3-4H,2,15H2,1H3,(H,16,17)/b5-3+. The SMILES string of the molecule is CC/C(=C\c1c(Cl)cc(Cl)c(N)c1Cl)C(=O)O. The molecule has 0 aromatic heterocycles. The van der Waals surface area contributed by atoms with E-state index in [-0.39, 0.29) is 26.3 Å². The molecular weight excluding hydrogens is 284 g/mol. The van der Waals surface area contributed by atoms with Crippen LogP contribution in [0.4, 0.5) is 5.69 Å². The smallest absolute Gasteiger partial charge is 0.331 e. The van der Waals surface area contributed by atoms with Gasteiger partial charge in [-0.1, -0.05) is 41.7 Å². The summed E-state index contributed by atoms with van der Waals surface area (Å²) in [5.74, 6) is -1.02. The van der Waals surface area contributed by atoms with Gasteiger partial charge in [0.15, 0.2) is 0 Å². The van der Waals surface area contributed by atoms with Gasteiger partial charge in [0.05, 0.1) is 20.8 Å². The van der Waals surface area contributed by atoms with Gasteiger partial charge in [-0.15, -0.1) is 0 Å². The number of hydrogen-bond donors (Lipinski definition) is 2. The molecule has 0 saturated carbocycles. The van der Waals surface area contributed by atoms with Crippen molar-refractivity contribution in [3.05, 3.63) is 32.3 Å². The van der Waals surface area contributed by atoms with E-state index in [0.717, 1.165) is 0 Å². The molecule has 0 atom stereocenters. The van der Waals surface area contributed by atoms with E-state index in [0.29, 0.717) is 12.0 Å². The van der Waals surface area contributed by atoms with Crippen molar-refractivity contribution in [1.82, 2.24) is 0 Å². The number of carbonyl (C=O) groups is 1. The molecule has 92 valence electrons. The summed E-state index contributed by atoms with van der Waals surface area (Å²) in [4.78, 5) is 10.9. The Balaban J connectivity index is 3.42. The molecule has 0 spiro atoms. The van der Waals surface area contributed by atoms with Gasteiger partial charge in [0.25, 0.3) is 0 Å². The summed E-state index contributed by atoms with van der Waals surface area (Å²) in [7, 11) is 0. The van der Waals surface area contributed by atoms with Crippen LogP contribution in [0, 0.1) is 0 Å². The number of carboxylic acids is 1. The Morgan fingerprint density at radius 2 is 2.00 bits per heavy atom. The van der Waals surface area contributed by atoms with E-state index in [1.807, 2.05) is 0 Å². The number of nitrogen functional groups attached to an aromatic ring is 1. The second-order valence-corrected chi connectivity index (χ2v) is 4.50. The highest BCUT2D eigenvalue weighted by atomic mass is 35.5. The molecule has 17 heavy (non-hydrogen) atoms. The highest BCUT2D eigenvalue weighted by Crippen LogP contribution is 2.37. The fourth-order valence-electron chi connectivity index (χ4n) is 1.24. The summed E-state index contributed by atoms with van der Waals surface area (Å²) in [6.07, 6.45) is 1.75. The third-order valence-electron chi connectivity index (χ3n) is 2.22. The Bertz CT molecular complexity index is 498. The summed E-state index contributed by atoms with van der Waals surface area (Å²) in [6.45, 7) is 1.72. The molecule has 3 nitrogen and oxygen atoms in total. The Morgan fingerprint density at radius 1 is 1.41 bits per heavy atom.